The van der Waals surface area contributed by atoms with Gasteiger partial charge in [-0.05, 0) is 61.9 Å². The summed E-state index contributed by atoms with van der Waals surface area (Å²) in [7, 11) is 0. The number of halogens is 1. The first-order valence-electron chi connectivity index (χ1n) is 9.66. The highest BCUT2D eigenvalue weighted by Crippen LogP contribution is 2.11. The fourth-order valence-electron chi connectivity index (χ4n) is 2.46. The van der Waals surface area contributed by atoms with Crippen LogP contribution in [0.3, 0.4) is 0 Å². The van der Waals surface area contributed by atoms with Crippen LogP contribution in [0.1, 0.15) is 46.9 Å². The van der Waals surface area contributed by atoms with Crippen LogP contribution < -0.4 is 16.2 Å². The molecule has 2 aromatic carbocycles. The molecule has 0 spiro atoms. The third kappa shape index (κ3) is 8.57. The van der Waals surface area contributed by atoms with Gasteiger partial charge in [-0.3, -0.25) is 34.8 Å². The van der Waals surface area contributed by atoms with Crippen molar-refractivity contribution in [1.29, 1.82) is 0 Å². The molecule has 0 aliphatic carbocycles. The first-order chi connectivity index (χ1) is 15.2. The number of anilines is 1. The lowest BCUT2D eigenvalue weighted by atomic mass is 10.1. The van der Waals surface area contributed by atoms with E-state index < -0.39 is 24.4 Å². The number of benzene rings is 2. The smallest absolute Gasteiger partial charge is 0.306 e. The van der Waals surface area contributed by atoms with Crippen molar-refractivity contribution in [3.05, 3.63) is 64.7 Å². The summed E-state index contributed by atoms with van der Waals surface area (Å²) in [6.07, 6.45) is 0.249. The number of carbonyl (C=O) groups is 5. The van der Waals surface area contributed by atoms with Crippen molar-refractivity contribution in [3.63, 3.8) is 0 Å². The molecule has 9 nitrogen and oxygen atoms in total. The Hall–Kier alpha value is -3.72. The second-order valence-corrected chi connectivity index (χ2v) is 7.14. The van der Waals surface area contributed by atoms with E-state index in [0.717, 1.165) is 0 Å². The Morgan fingerprint density at radius 1 is 0.812 bits per heavy atom. The molecule has 0 saturated carbocycles. The standard InChI is InChI=1S/C22H22ClN3O6/c1-14(27)15-7-11-18(12-8-15)24-19(28)3-2-4-21(30)32-13-20(29)25-26-22(31)16-5-9-17(23)10-6-16/h5-12H,2-4,13H2,1H3,(H,24,28)(H,25,29)(H,26,31). The molecule has 32 heavy (non-hydrogen) atoms. The predicted molar refractivity (Wildman–Crippen MR) is 117 cm³/mol. The highest BCUT2D eigenvalue weighted by atomic mass is 35.5. The van der Waals surface area contributed by atoms with Crippen molar-refractivity contribution in [2.24, 2.45) is 0 Å². The minimum absolute atomic E-state index is 0.0545. The maximum atomic E-state index is 11.9. The molecule has 0 radical (unpaired) electrons. The van der Waals surface area contributed by atoms with Gasteiger partial charge in [-0.2, -0.15) is 0 Å². The Morgan fingerprint density at radius 3 is 2.06 bits per heavy atom. The van der Waals surface area contributed by atoms with Crippen LogP contribution in [0.2, 0.25) is 5.02 Å². The van der Waals surface area contributed by atoms with Gasteiger partial charge in [0.2, 0.25) is 5.91 Å². The lowest BCUT2D eigenvalue weighted by molar-refractivity contribution is -0.148. The molecule has 168 valence electrons. The molecule has 3 N–H and O–H groups in total. The van der Waals surface area contributed by atoms with E-state index in [2.05, 4.69) is 16.2 Å². The maximum absolute atomic E-state index is 11.9. The number of carbonyl (C=O) groups excluding carboxylic acids is 5. The Labute approximate surface area is 189 Å². The average Bonchev–Trinajstić information content (AvgIpc) is 2.76. The molecule has 0 fully saturated rings. The van der Waals surface area contributed by atoms with Gasteiger partial charge in [-0.25, -0.2) is 0 Å². The van der Waals surface area contributed by atoms with Gasteiger partial charge in [0.25, 0.3) is 11.8 Å². The number of Topliss-reactive ketones (excluding diaryl/α,β-unsaturated/α-hetero) is 1. The molecule has 0 aromatic heterocycles. The molecule has 0 bridgehead atoms. The Kier molecular flexibility index (Phi) is 9.37. The number of hydrazine groups is 1. The van der Waals surface area contributed by atoms with Crippen molar-refractivity contribution in [2.75, 3.05) is 11.9 Å². The molecule has 0 heterocycles. The Balaban J connectivity index is 1.60. The first kappa shape index (κ1) is 24.5. The number of hydrogen-bond acceptors (Lipinski definition) is 6. The summed E-state index contributed by atoms with van der Waals surface area (Å²) in [4.78, 5) is 58.4. The van der Waals surface area contributed by atoms with Crippen LogP contribution in [0.15, 0.2) is 48.5 Å². The molecule has 3 amide bonds. The predicted octanol–water partition coefficient (Wildman–Crippen LogP) is 2.66. The highest BCUT2D eigenvalue weighted by Gasteiger charge is 2.11. The van der Waals surface area contributed by atoms with Gasteiger partial charge < -0.3 is 10.1 Å². The average molecular weight is 460 g/mol. The van der Waals surface area contributed by atoms with E-state index in [9.17, 15) is 24.0 Å². The zero-order valence-corrected chi connectivity index (χ0v) is 18.0. The lowest BCUT2D eigenvalue weighted by Crippen LogP contribution is -2.43. The van der Waals surface area contributed by atoms with Crippen molar-refractivity contribution in [2.45, 2.75) is 26.2 Å². The van der Waals surface area contributed by atoms with Crippen molar-refractivity contribution >= 4 is 46.8 Å². The summed E-state index contributed by atoms with van der Waals surface area (Å²) < 4.78 is 4.81. The van der Waals surface area contributed by atoms with Crippen molar-refractivity contribution < 1.29 is 28.7 Å². The van der Waals surface area contributed by atoms with Crippen LogP contribution in [0.5, 0.6) is 0 Å². The summed E-state index contributed by atoms with van der Waals surface area (Å²) in [5.41, 5.74) is 5.69. The van der Waals surface area contributed by atoms with Crippen molar-refractivity contribution in [1.82, 2.24) is 10.9 Å². The van der Waals surface area contributed by atoms with E-state index >= 15 is 0 Å². The van der Waals surface area contributed by atoms with Gasteiger partial charge in [0.15, 0.2) is 12.4 Å². The van der Waals surface area contributed by atoms with Gasteiger partial charge in [-0.1, -0.05) is 11.6 Å². The molecule has 0 aliphatic rings. The van der Waals surface area contributed by atoms with Crippen LogP contribution >= 0.6 is 11.6 Å². The molecule has 2 aromatic rings. The summed E-state index contributed by atoms with van der Waals surface area (Å²) in [5.74, 6) is -2.28. The van der Waals surface area contributed by atoms with Gasteiger partial charge >= 0.3 is 5.97 Å². The fraction of sp³-hybridized carbons (Fsp3) is 0.227. The van der Waals surface area contributed by atoms with Gasteiger partial charge in [-0.15, -0.1) is 0 Å². The van der Waals surface area contributed by atoms with Crippen LogP contribution in [0, 0.1) is 0 Å². The largest absolute Gasteiger partial charge is 0.455 e. The monoisotopic (exact) mass is 459 g/mol. The van der Waals surface area contributed by atoms with E-state index in [4.69, 9.17) is 16.3 Å². The number of rotatable bonds is 9. The second kappa shape index (κ2) is 12.2. The number of ether oxygens (including phenoxy) is 1. The second-order valence-electron chi connectivity index (χ2n) is 6.71. The van der Waals surface area contributed by atoms with Gasteiger partial charge in [0.05, 0.1) is 0 Å². The normalized spacial score (nSPS) is 10.1. The van der Waals surface area contributed by atoms with Crippen molar-refractivity contribution in [3.8, 4) is 0 Å². The van der Waals surface area contributed by atoms with Gasteiger partial charge in [0.1, 0.15) is 0 Å². The zero-order chi connectivity index (χ0) is 23.5. The minimum atomic E-state index is -0.715. The van der Waals surface area contributed by atoms with Crippen LogP contribution in [-0.4, -0.2) is 36.1 Å². The van der Waals surface area contributed by atoms with E-state index in [1.807, 2.05) is 0 Å². The summed E-state index contributed by atoms with van der Waals surface area (Å²) in [5, 5.41) is 3.13. The summed E-state index contributed by atoms with van der Waals surface area (Å²) in [6.45, 7) is 0.877. The van der Waals surface area contributed by atoms with Gasteiger partial charge in [0, 0.05) is 34.7 Å². The molecular formula is C22H22ClN3O6. The Morgan fingerprint density at radius 2 is 1.44 bits per heavy atom. The minimum Gasteiger partial charge on any atom is -0.455 e. The third-order valence-corrected chi connectivity index (χ3v) is 4.40. The molecule has 2 rings (SSSR count). The number of amides is 3. The quantitative estimate of drug-likeness (QED) is 0.300. The molecular weight excluding hydrogens is 438 g/mol. The molecule has 0 aliphatic heterocycles. The molecule has 0 unspecified atom stereocenters. The topological polar surface area (TPSA) is 131 Å². The van der Waals surface area contributed by atoms with E-state index in [0.29, 0.717) is 21.8 Å². The molecule has 10 heteroatoms. The number of nitrogens with one attached hydrogen (secondary N) is 3. The maximum Gasteiger partial charge on any atom is 0.306 e. The number of esters is 1. The SMILES string of the molecule is CC(=O)c1ccc(NC(=O)CCCC(=O)OCC(=O)NNC(=O)c2ccc(Cl)cc2)cc1. The molecule has 0 atom stereocenters. The summed E-state index contributed by atoms with van der Waals surface area (Å²) >= 11 is 5.74. The zero-order valence-electron chi connectivity index (χ0n) is 17.3. The van der Waals surface area contributed by atoms with E-state index in [1.165, 1.54) is 31.2 Å². The third-order valence-electron chi connectivity index (χ3n) is 4.15. The van der Waals surface area contributed by atoms with Crippen LogP contribution in [-0.2, 0) is 19.1 Å². The number of ketones is 1. The Bertz CT molecular complexity index is 990. The lowest BCUT2D eigenvalue weighted by Gasteiger charge is -2.08. The van der Waals surface area contributed by atoms with Crippen LogP contribution in [0.25, 0.3) is 0 Å². The van der Waals surface area contributed by atoms with E-state index in [-0.39, 0.29) is 31.0 Å². The number of hydrogen-bond donors (Lipinski definition) is 3. The summed E-state index contributed by atoms with van der Waals surface area (Å²) in [6, 6.07) is 12.5. The fourth-order valence-corrected chi connectivity index (χ4v) is 2.59. The highest BCUT2D eigenvalue weighted by molar-refractivity contribution is 6.30. The molecule has 0 saturated heterocycles. The van der Waals surface area contributed by atoms with Crippen LogP contribution in [0.4, 0.5) is 5.69 Å². The van der Waals surface area contributed by atoms with E-state index in [1.54, 1.807) is 24.3 Å². The first-order valence-corrected chi connectivity index (χ1v) is 10.0.